The van der Waals surface area contributed by atoms with Gasteiger partial charge in [0.25, 0.3) is 0 Å². The highest BCUT2D eigenvalue weighted by atomic mass is 14.8. The van der Waals surface area contributed by atoms with Crippen LogP contribution in [0.1, 0.15) is 37.7 Å². The molecular formula is C20H23N. The second kappa shape index (κ2) is 4.10. The second-order valence-corrected chi connectivity index (χ2v) is 7.63. The minimum absolute atomic E-state index is 0.0724. The van der Waals surface area contributed by atoms with E-state index in [1.807, 2.05) is 0 Å². The lowest BCUT2D eigenvalue weighted by atomic mass is 9.67. The Morgan fingerprint density at radius 1 is 0.952 bits per heavy atom. The number of rotatable bonds is 1. The Bertz CT molecular complexity index is 701. The summed E-state index contributed by atoms with van der Waals surface area (Å²) in [5.41, 5.74) is 8.43. The van der Waals surface area contributed by atoms with Crippen LogP contribution in [0.3, 0.4) is 0 Å². The third-order valence-electron chi connectivity index (χ3n) is 6.86. The molecule has 0 saturated heterocycles. The maximum atomic E-state index is 7.09. The lowest BCUT2D eigenvalue weighted by molar-refractivity contribution is 0.158. The van der Waals surface area contributed by atoms with Gasteiger partial charge in [-0.2, -0.15) is 0 Å². The molecule has 2 aromatic carbocycles. The van der Waals surface area contributed by atoms with E-state index < -0.39 is 0 Å². The summed E-state index contributed by atoms with van der Waals surface area (Å²) in [6, 6.07) is 15.5. The van der Waals surface area contributed by atoms with Crippen molar-refractivity contribution in [1.29, 1.82) is 0 Å². The van der Waals surface area contributed by atoms with Gasteiger partial charge in [0.2, 0.25) is 0 Å². The number of nitrogens with two attached hydrogens (primary N) is 1. The highest BCUT2D eigenvalue weighted by molar-refractivity contribution is 5.86. The molecule has 2 N–H and O–H groups in total. The van der Waals surface area contributed by atoms with Crippen LogP contribution in [0.5, 0.6) is 0 Å². The Hall–Kier alpha value is -1.34. The molecule has 5 atom stereocenters. The Labute approximate surface area is 126 Å². The van der Waals surface area contributed by atoms with E-state index in [2.05, 4.69) is 42.5 Å². The average Bonchev–Trinajstić information content (AvgIpc) is 3.18. The number of hydrogen-bond acceptors (Lipinski definition) is 1. The zero-order valence-electron chi connectivity index (χ0n) is 12.5. The molecular weight excluding hydrogens is 254 g/mol. The monoisotopic (exact) mass is 277 g/mol. The fraction of sp³-hybridized carbons (Fsp3) is 0.500. The van der Waals surface area contributed by atoms with Crippen LogP contribution >= 0.6 is 0 Å². The smallest absolute Gasteiger partial charge is 0.0450 e. The quantitative estimate of drug-likeness (QED) is 0.819. The first-order valence-electron chi connectivity index (χ1n) is 8.54. The van der Waals surface area contributed by atoms with E-state index in [9.17, 15) is 0 Å². The molecule has 3 saturated carbocycles. The van der Waals surface area contributed by atoms with Crippen LogP contribution in [0.15, 0.2) is 42.5 Å². The van der Waals surface area contributed by atoms with Crippen molar-refractivity contribution in [3.63, 3.8) is 0 Å². The van der Waals surface area contributed by atoms with Crippen LogP contribution in [0.4, 0.5) is 0 Å². The van der Waals surface area contributed by atoms with Crippen molar-refractivity contribution in [2.45, 2.75) is 37.6 Å². The van der Waals surface area contributed by atoms with E-state index in [0.29, 0.717) is 0 Å². The summed E-state index contributed by atoms with van der Waals surface area (Å²) in [5, 5.41) is 2.72. The second-order valence-electron chi connectivity index (χ2n) is 7.63. The van der Waals surface area contributed by atoms with Crippen LogP contribution < -0.4 is 5.73 Å². The molecule has 0 aliphatic heterocycles. The van der Waals surface area contributed by atoms with Gasteiger partial charge in [0.1, 0.15) is 0 Å². The predicted octanol–water partition coefficient (Wildman–Crippen LogP) is 4.45. The van der Waals surface area contributed by atoms with Gasteiger partial charge in [0.05, 0.1) is 0 Å². The van der Waals surface area contributed by atoms with Gasteiger partial charge in [-0.15, -0.1) is 0 Å². The highest BCUT2D eigenvalue weighted by Crippen LogP contribution is 2.64. The summed E-state index contributed by atoms with van der Waals surface area (Å²) in [7, 11) is 0. The minimum atomic E-state index is -0.0724. The van der Waals surface area contributed by atoms with E-state index in [0.717, 1.165) is 23.7 Å². The Kier molecular flexibility index (Phi) is 2.39. The van der Waals surface area contributed by atoms with Crippen LogP contribution in [0.25, 0.3) is 10.8 Å². The van der Waals surface area contributed by atoms with Crippen molar-refractivity contribution in [3.05, 3.63) is 48.0 Å². The molecule has 0 heterocycles. The van der Waals surface area contributed by atoms with Crippen molar-refractivity contribution < 1.29 is 0 Å². The molecule has 2 bridgehead atoms. The average molecular weight is 277 g/mol. The molecule has 0 spiro atoms. The van der Waals surface area contributed by atoms with E-state index in [1.54, 1.807) is 0 Å². The molecule has 3 aliphatic rings. The van der Waals surface area contributed by atoms with E-state index in [-0.39, 0.29) is 5.54 Å². The maximum Gasteiger partial charge on any atom is 0.0450 e. The molecule has 1 nitrogen and oxygen atoms in total. The molecule has 0 amide bonds. The summed E-state index contributed by atoms with van der Waals surface area (Å²) < 4.78 is 0. The van der Waals surface area contributed by atoms with Crippen molar-refractivity contribution in [2.75, 3.05) is 0 Å². The maximum absolute atomic E-state index is 7.09. The predicted molar refractivity (Wildman–Crippen MR) is 86.9 cm³/mol. The molecule has 0 radical (unpaired) electrons. The summed E-state index contributed by atoms with van der Waals surface area (Å²) in [6.07, 6.45) is 6.93. The fourth-order valence-corrected chi connectivity index (χ4v) is 6.13. The van der Waals surface area contributed by atoms with E-state index >= 15 is 0 Å². The van der Waals surface area contributed by atoms with Gasteiger partial charge in [-0.25, -0.2) is 0 Å². The van der Waals surface area contributed by atoms with Gasteiger partial charge < -0.3 is 5.73 Å². The van der Waals surface area contributed by atoms with Gasteiger partial charge in [-0.1, -0.05) is 48.9 Å². The van der Waals surface area contributed by atoms with Crippen LogP contribution in [-0.2, 0) is 5.54 Å². The summed E-state index contributed by atoms with van der Waals surface area (Å²) in [4.78, 5) is 0. The van der Waals surface area contributed by atoms with Crippen LogP contribution in [0.2, 0.25) is 0 Å². The number of hydrogen-bond donors (Lipinski definition) is 1. The fourth-order valence-electron chi connectivity index (χ4n) is 6.13. The summed E-state index contributed by atoms with van der Waals surface area (Å²) in [5.74, 6) is 3.53. The summed E-state index contributed by atoms with van der Waals surface area (Å²) >= 11 is 0. The topological polar surface area (TPSA) is 26.0 Å². The molecule has 3 fully saturated rings. The lowest BCUT2D eigenvalue weighted by Crippen LogP contribution is -2.46. The number of benzene rings is 2. The first-order valence-corrected chi connectivity index (χ1v) is 8.54. The minimum Gasteiger partial charge on any atom is -0.321 e. The highest BCUT2D eigenvalue weighted by Gasteiger charge is 2.60. The third kappa shape index (κ3) is 1.51. The Balaban J connectivity index is 1.66. The lowest BCUT2D eigenvalue weighted by Gasteiger charge is -2.41. The van der Waals surface area contributed by atoms with E-state index in [1.165, 1.54) is 48.4 Å². The van der Waals surface area contributed by atoms with Gasteiger partial charge in [0, 0.05) is 5.54 Å². The molecule has 5 rings (SSSR count). The first kappa shape index (κ1) is 12.2. The van der Waals surface area contributed by atoms with Gasteiger partial charge in [0.15, 0.2) is 0 Å². The molecule has 1 heteroatoms. The van der Waals surface area contributed by atoms with Crippen molar-refractivity contribution in [2.24, 2.45) is 29.4 Å². The van der Waals surface area contributed by atoms with Crippen molar-refractivity contribution in [3.8, 4) is 0 Å². The zero-order chi connectivity index (χ0) is 14.0. The van der Waals surface area contributed by atoms with Crippen LogP contribution in [-0.4, -0.2) is 0 Å². The standard InChI is InChI=1S/C20H23N/c21-20(12-14-11-19(20)17-9-4-8-15(14)17)18-10-3-6-13-5-1-2-7-16(13)18/h1-3,5-7,10,14-15,17,19H,4,8-9,11-12,21H2. The third-order valence-corrected chi connectivity index (χ3v) is 6.86. The molecule has 21 heavy (non-hydrogen) atoms. The summed E-state index contributed by atoms with van der Waals surface area (Å²) in [6.45, 7) is 0. The SMILES string of the molecule is NC1(c2cccc3ccccc23)CC2CC1C1CCCC21. The molecule has 2 aromatic rings. The van der Waals surface area contributed by atoms with Gasteiger partial charge >= 0.3 is 0 Å². The zero-order valence-corrected chi connectivity index (χ0v) is 12.5. The molecule has 3 aliphatic carbocycles. The van der Waals surface area contributed by atoms with Crippen molar-refractivity contribution in [1.82, 2.24) is 0 Å². The van der Waals surface area contributed by atoms with Crippen LogP contribution in [0, 0.1) is 23.7 Å². The molecule has 0 aromatic heterocycles. The first-order chi connectivity index (χ1) is 10.3. The van der Waals surface area contributed by atoms with Crippen molar-refractivity contribution >= 4 is 10.8 Å². The van der Waals surface area contributed by atoms with Gasteiger partial charge in [-0.05, 0) is 65.7 Å². The Morgan fingerprint density at radius 2 is 1.76 bits per heavy atom. The normalized spacial score (nSPS) is 40.8. The molecule has 108 valence electrons. The Morgan fingerprint density at radius 3 is 2.71 bits per heavy atom. The van der Waals surface area contributed by atoms with Gasteiger partial charge in [-0.3, -0.25) is 0 Å². The molecule has 5 unspecified atom stereocenters. The van der Waals surface area contributed by atoms with E-state index in [4.69, 9.17) is 5.73 Å². The number of fused-ring (bicyclic) bond motifs is 6. The largest absolute Gasteiger partial charge is 0.321 e.